The number of fused-ring (bicyclic) bond motifs is 3. The number of nitrogens with one attached hydrogen (secondary N) is 1. The molecular weight excluding hydrogens is 481 g/mol. The molecule has 1 aliphatic heterocycles. The first-order valence-electron chi connectivity index (χ1n) is 7.18. The second-order valence-corrected chi connectivity index (χ2v) is 5.21. The minimum Gasteiger partial charge on any atom is -0.684 e. The number of nitrogens with zero attached hydrogens (tertiary/aromatic N) is 2. The Morgan fingerprint density at radius 1 is 1.33 bits per heavy atom. The Morgan fingerprint density at radius 2 is 2.14 bits per heavy atom. The van der Waals surface area contributed by atoms with Crippen molar-refractivity contribution in [1.29, 1.82) is 0 Å². The molecule has 5 nitrogen and oxygen atoms in total. The minimum absolute atomic E-state index is 0. The van der Waals surface area contributed by atoms with Crippen LogP contribution in [-0.2, 0) is 13.0 Å². The fraction of sp³-hybridized carbons (Fsp3) is 0.467. The summed E-state index contributed by atoms with van der Waals surface area (Å²) in [4.78, 5) is 26.6. The number of aryl methyl sites for hydroxylation is 2. The van der Waals surface area contributed by atoms with Crippen LogP contribution in [0.25, 0.3) is 16.4 Å². The van der Waals surface area contributed by atoms with Crippen molar-refractivity contribution in [2.45, 2.75) is 39.2 Å². The summed E-state index contributed by atoms with van der Waals surface area (Å²) in [5.41, 5.74) is 2.66. The van der Waals surface area contributed by atoms with E-state index in [-0.39, 0.29) is 44.1 Å². The van der Waals surface area contributed by atoms with Crippen LogP contribution in [0.2, 0.25) is 0 Å². The summed E-state index contributed by atoms with van der Waals surface area (Å²) in [5, 5.41) is 4.51. The van der Waals surface area contributed by atoms with E-state index in [4.69, 9.17) is 0 Å². The Balaban J connectivity index is 0.00000161. The van der Waals surface area contributed by atoms with Crippen molar-refractivity contribution in [1.82, 2.24) is 9.55 Å². The van der Waals surface area contributed by atoms with Crippen LogP contribution in [0.4, 0.5) is 5.69 Å². The SMILES string of the molecule is CCCCn1c(=O)c(=O)[nH]c2ccc3c(c21)CCC[N-]3.[Ac]. The first-order valence-corrected chi connectivity index (χ1v) is 7.18. The van der Waals surface area contributed by atoms with E-state index in [2.05, 4.69) is 17.2 Å². The molecule has 6 heteroatoms. The fourth-order valence-corrected chi connectivity index (χ4v) is 2.81. The first kappa shape index (κ1) is 16.8. The van der Waals surface area contributed by atoms with Crippen LogP contribution in [0.1, 0.15) is 31.7 Å². The molecule has 1 radical (unpaired) electrons. The van der Waals surface area contributed by atoms with Gasteiger partial charge in [-0.25, -0.2) is 0 Å². The maximum absolute atomic E-state index is 12.2. The molecule has 1 aromatic carbocycles. The molecule has 0 saturated carbocycles. The third kappa shape index (κ3) is 3.12. The Labute approximate surface area is 158 Å². The number of unbranched alkanes of at least 4 members (excludes halogenated alkanes) is 1. The zero-order valence-electron chi connectivity index (χ0n) is 12.2. The molecule has 2 heterocycles. The summed E-state index contributed by atoms with van der Waals surface area (Å²) in [5.74, 6) is 0. The first-order chi connectivity index (χ1) is 9.72. The normalized spacial score (nSPS) is 13.4. The smallest absolute Gasteiger partial charge is 0.316 e. The van der Waals surface area contributed by atoms with Crippen LogP contribution in [0.15, 0.2) is 21.7 Å². The molecule has 109 valence electrons. The monoisotopic (exact) mass is 499 g/mol. The predicted octanol–water partition coefficient (Wildman–Crippen LogP) is 2.44. The molecule has 0 saturated heterocycles. The quantitative estimate of drug-likeness (QED) is 0.660. The number of aromatic nitrogens is 2. The van der Waals surface area contributed by atoms with Crippen LogP contribution < -0.4 is 11.1 Å². The van der Waals surface area contributed by atoms with E-state index in [1.54, 1.807) is 4.57 Å². The molecule has 0 aliphatic carbocycles. The second kappa shape index (κ2) is 7.11. The second-order valence-electron chi connectivity index (χ2n) is 5.21. The van der Waals surface area contributed by atoms with E-state index in [1.165, 1.54) is 0 Å². The average Bonchev–Trinajstić information content (AvgIpc) is 2.47. The largest absolute Gasteiger partial charge is 0.684 e. The van der Waals surface area contributed by atoms with Crippen LogP contribution in [-0.4, -0.2) is 16.1 Å². The van der Waals surface area contributed by atoms with Crippen LogP contribution in [0.3, 0.4) is 0 Å². The van der Waals surface area contributed by atoms with E-state index >= 15 is 0 Å². The van der Waals surface area contributed by atoms with Gasteiger partial charge in [0.1, 0.15) is 0 Å². The van der Waals surface area contributed by atoms with Gasteiger partial charge < -0.3 is 14.9 Å². The third-order valence-corrected chi connectivity index (χ3v) is 3.82. The van der Waals surface area contributed by atoms with Gasteiger partial charge in [0.15, 0.2) is 0 Å². The minimum atomic E-state index is -0.540. The van der Waals surface area contributed by atoms with Gasteiger partial charge in [0.05, 0.1) is 11.0 Å². The topological polar surface area (TPSA) is 69.0 Å². The maximum Gasteiger partial charge on any atom is 0.316 e. The van der Waals surface area contributed by atoms with Gasteiger partial charge in [0, 0.05) is 50.6 Å². The molecule has 0 spiro atoms. The number of rotatable bonds is 3. The predicted molar refractivity (Wildman–Crippen MR) is 79.9 cm³/mol. The average molecular weight is 499 g/mol. The van der Waals surface area contributed by atoms with Crippen molar-refractivity contribution in [3.05, 3.63) is 43.7 Å². The molecule has 3 rings (SSSR count). The molecular formula is C15H18AcN3O2-. The Morgan fingerprint density at radius 3 is 2.90 bits per heavy atom. The molecule has 0 bridgehead atoms. The molecule has 0 unspecified atom stereocenters. The van der Waals surface area contributed by atoms with Crippen molar-refractivity contribution >= 4 is 16.7 Å². The zero-order chi connectivity index (χ0) is 14.1. The van der Waals surface area contributed by atoms with Crippen molar-refractivity contribution < 1.29 is 44.1 Å². The van der Waals surface area contributed by atoms with Crippen molar-refractivity contribution in [2.75, 3.05) is 6.54 Å². The van der Waals surface area contributed by atoms with E-state index < -0.39 is 11.1 Å². The fourth-order valence-electron chi connectivity index (χ4n) is 2.81. The maximum atomic E-state index is 12.2. The van der Waals surface area contributed by atoms with Crippen molar-refractivity contribution in [2.24, 2.45) is 0 Å². The standard InChI is InChI=1S/C15H19N3O2.Ac/c1-2-3-9-18-13-10-5-4-8-16-11(10)6-7-12(13)17-14(19)15(18)20;/h6-7H,2-5,8-9H2,1H3,(H2,16,17,19,20);/p-1. The van der Waals surface area contributed by atoms with Crippen molar-refractivity contribution in [3.8, 4) is 0 Å². The Kier molecular flexibility index (Phi) is 5.68. The molecule has 0 atom stereocenters. The molecule has 1 N–H and O–H groups in total. The summed E-state index contributed by atoms with van der Waals surface area (Å²) in [7, 11) is 0. The molecule has 2 aromatic rings. The van der Waals surface area contributed by atoms with Gasteiger partial charge in [-0.15, -0.1) is 12.2 Å². The van der Waals surface area contributed by atoms with E-state index in [9.17, 15) is 9.59 Å². The van der Waals surface area contributed by atoms with Gasteiger partial charge >= 0.3 is 11.1 Å². The van der Waals surface area contributed by atoms with Gasteiger partial charge in [0.25, 0.3) is 0 Å². The zero-order valence-corrected chi connectivity index (χ0v) is 16.9. The molecule has 1 aromatic heterocycles. The number of hydrogen-bond donors (Lipinski definition) is 1. The Bertz CT molecular complexity index is 764. The van der Waals surface area contributed by atoms with E-state index in [0.717, 1.165) is 54.5 Å². The molecule has 0 amide bonds. The summed E-state index contributed by atoms with van der Waals surface area (Å²) in [6, 6.07) is 3.79. The Hall–Kier alpha value is -0.598. The number of benzene rings is 1. The van der Waals surface area contributed by atoms with Crippen LogP contribution >= 0.6 is 0 Å². The summed E-state index contributed by atoms with van der Waals surface area (Å²) in [6.45, 7) is 3.50. The van der Waals surface area contributed by atoms with Crippen LogP contribution in [0.5, 0.6) is 0 Å². The van der Waals surface area contributed by atoms with Gasteiger partial charge in [-0.2, -0.15) is 0 Å². The summed E-state index contributed by atoms with van der Waals surface area (Å²) < 4.78 is 1.64. The van der Waals surface area contributed by atoms with Gasteiger partial charge in [0.2, 0.25) is 0 Å². The van der Waals surface area contributed by atoms with E-state index in [0.29, 0.717) is 6.54 Å². The number of aromatic amines is 1. The molecule has 21 heavy (non-hydrogen) atoms. The van der Waals surface area contributed by atoms with Crippen LogP contribution in [0, 0.1) is 44.1 Å². The van der Waals surface area contributed by atoms with Gasteiger partial charge in [-0.3, -0.25) is 9.59 Å². The number of hydrogen-bond acceptors (Lipinski definition) is 2. The number of H-pyrrole nitrogens is 1. The van der Waals surface area contributed by atoms with Crippen molar-refractivity contribution in [3.63, 3.8) is 0 Å². The molecule has 1 aliphatic rings. The summed E-state index contributed by atoms with van der Waals surface area (Å²) in [6.07, 6.45) is 3.78. The third-order valence-electron chi connectivity index (χ3n) is 3.82. The van der Waals surface area contributed by atoms with Gasteiger partial charge in [-0.05, 0) is 24.5 Å². The molecule has 0 fully saturated rings. The summed E-state index contributed by atoms with van der Waals surface area (Å²) >= 11 is 0. The van der Waals surface area contributed by atoms with E-state index in [1.807, 2.05) is 12.1 Å². The van der Waals surface area contributed by atoms with Gasteiger partial charge in [-0.1, -0.05) is 25.8 Å².